The number of carbonyl (C=O) groups is 5. The number of carboxylic acid groups (broad SMARTS) is 1. The summed E-state index contributed by atoms with van der Waals surface area (Å²) in [5.74, 6) is -3.86. The van der Waals surface area contributed by atoms with Crippen molar-refractivity contribution in [1.29, 1.82) is 0 Å². The van der Waals surface area contributed by atoms with Crippen molar-refractivity contribution in [2.24, 2.45) is 11.5 Å². The van der Waals surface area contributed by atoms with Crippen molar-refractivity contribution < 1.29 is 33.8 Å². The molecular weight excluding hydrogens is 458 g/mol. The summed E-state index contributed by atoms with van der Waals surface area (Å²) in [5, 5.41) is 11.9. The molecule has 200 valence electrons. The third-order valence-corrected chi connectivity index (χ3v) is 5.48. The Morgan fingerprint density at radius 3 is 2.37 bits per heavy atom. The molecule has 1 aliphatic rings. The van der Waals surface area contributed by atoms with Gasteiger partial charge < -0.3 is 31.5 Å². The zero-order valence-corrected chi connectivity index (χ0v) is 21.2. The maximum Gasteiger partial charge on any atom is 0.323 e. The highest BCUT2D eigenvalue weighted by atomic mass is 16.5. The molecule has 1 heterocycles. The molecule has 0 saturated carbocycles. The van der Waals surface area contributed by atoms with Gasteiger partial charge in [-0.15, -0.1) is 0 Å². The first kappa shape index (κ1) is 30.5. The molecule has 12 heteroatoms. The van der Waals surface area contributed by atoms with Gasteiger partial charge in [0.1, 0.15) is 18.6 Å². The molecule has 0 unspecified atom stereocenters. The Balaban J connectivity index is 3.09. The molecule has 0 radical (unpaired) electrons. The molecule has 1 saturated heterocycles. The van der Waals surface area contributed by atoms with Gasteiger partial charge in [0.25, 0.3) is 5.91 Å². The van der Waals surface area contributed by atoms with Crippen LogP contribution in [-0.4, -0.2) is 94.5 Å². The van der Waals surface area contributed by atoms with E-state index in [9.17, 15) is 29.1 Å². The maximum atomic E-state index is 13.3. The maximum absolute atomic E-state index is 13.3. The predicted molar refractivity (Wildman–Crippen MR) is 128 cm³/mol. The van der Waals surface area contributed by atoms with E-state index in [1.54, 1.807) is 20.8 Å². The molecule has 0 bridgehead atoms. The van der Waals surface area contributed by atoms with Gasteiger partial charge in [-0.2, -0.15) is 0 Å². The number of carbonyl (C=O) groups excluding carboxylic acids is 4. The minimum atomic E-state index is -1.36. The molecule has 1 rings (SSSR count). The average Bonchev–Trinajstić information content (AvgIpc) is 3.25. The van der Waals surface area contributed by atoms with Crippen LogP contribution in [0, 0.1) is 0 Å². The number of nitrogens with two attached hydrogens (primary N) is 2. The van der Waals surface area contributed by atoms with Gasteiger partial charge in [0.05, 0.1) is 18.2 Å². The monoisotopic (exact) mass is 499 g/mol. The fraction of sp³-hybridized carbons (Fsp3) is 0.783. The Kier molecular flexibility index (Phi) is 12.3. The number of hydrogen-bond acceptors (Lipinski definition) is 8. The van der Waals surface area contributed by atoms with E-state index in [2.05, 4.69) is 5.32 Å². The fourth-order valence-corrected chi connectivity index (χ4v) is 3.69. The van der Waals surface area contributed by atoms with Crippen molar-refractivity contribution in [2.45, 2.75) is 89.9 Å². The normalized spacial score (nSPS) is 17.5. The van der Waals surface area contributed by atoms with Crippen LogP contribution in [-0.2, 0) is 28.7 Å². The summed E-state index contributed by atoms with van der Waals surface area (Å²) in [7, 11) is 0. The molecule has 0 spiro atoms. The number of likely N-dealkylation sites (tertiary alicyclic amines) is 1. The Bertz CT molecular complexity index is 766. The molecule has 1 fully saturated rings. The first-order valence-corrected chi connectivity index (χ1v) is 12.0. The molecule has 0 aromatic heterocycles. The number of amides is 4. The van der Waals surface area contributed by atoms with Crippen LogP contribution in [0.3, 0.4) is 0 Å². The van der Waals surface area contributed by atoms with Gasteiger partial charge >= 0.3 is 5.97 Å². The number of nitrogens with one attached hydrogen (secondary N) is 1. The lowest BCUT2D eigenvalue weighted by Crippen LogP contribution is -2.58. The van der Waals surface area contributed by atoms with Crippen molar-refractivity contribution in [3.8, 4) is 0 Å². The van der Waals surface area contributed by atoms with Crippen LogP contribution in [0.15, 0.2) is 0 Å². The first-order valence-electron chi connectivity index (χ1n) is 12.0. The van der Waals surface area contributed by atoms with Crippen molar-refractivity contribution in [2.75, 3.05) is 26.2 Å². The zero-order chi connectivity index (χ0) is 26.8. The second-order valence-electron chi connectivity index (χ2n) is 9.77. The largest absolute Gasteiger partial charge is 0.480 e. The molecule has 0 aromatic carbocycles. The van der Waals surface area contributed by atoms with E-state index >= 15 is 0 Å². The summed E-state index contributed by atoms with van der Waals surface area (Å²) in [6, 6.07) is -2.92. The number of ether oxygens (including phenoxy) is 1. The molecule has 0 aliphatic carbocycles. The van der Waals surface area contributed by atoms with E-state index in [0.717, 1.165) is 0 Å². The Labute approximate surface area is 206 Å². The number of imide groups is 1. The number of carboxylic acids is 1. The lowest BCUT2D eigenvalue weighted by Gasteiger charge is -2.30. The highest BCUT2D eigenvalue weighted by Crippen LogP contribution is 2.19. The summed E-state index contributed by atoms with van der Waals surface area (Å²) < 4.78 is 5.70. The van der Waals surface area contributed by atoms with E-state index in [0.29, 0.717) is 50.1 Å². The summed E-state index contributed by atoms with van der Waals surface area (Å²) >= 11 is 0. The molecule has 1 aliphatic heterocycles. The van der Waals surface area contributed by atoms with Crippen LogP contribution in [0.2, 0.25) is 0 Å². The minimum Gasteiger partial charge on any atom is -0.480 e. The Morgan fingerprint density at radius 2 is 1.83 bits per heavy atom. The molecular formula is C23H41N5O7. The van der Waals surface area contributed by atoms with E-state index in [-0.39, 0.29) is 18.9 Å². The number of unbranched alkanes of at least 4 members (excludes halogenated alkanes) is 2. The van der Waals surface area contributed by atoms with Crippen LogP contribution in [0.5, 0.6) is 0 Å². The SMILES string of the molecule is C[C@H](N)C(=O)N1CCC[C@H]1C(=O)N[C@@H](COC(C)(C)C)C(=O)N(CC(=O)O)C(=O)CCCCCN. The van der Waals surface area contributed by atoms with Crippen LogP contribution in [0.25, 0.3) is 0 Å². The molecule has 12 nitrogen and oxygen atoms in total. The molecule has 3 atom stereocenters. The van der Waals surface area contributed by atoms with Crippen molar-refractivity contribution in [1.82, 2.24) is 15.1 Å². The highest BCUT2D eigenvalue weighted by molar-refractivity contribution is 6.02. The van der Waals surface area contributed by atoms with E-state index in [4.69, 9.17) is 16.2 Å². The van der Waals surface area contributed by atoms with Gasteiger partial charge in [-0.3, -0.25) is 28.9 Å². The zero-order valence-electron chi connectivity index (χ0n) is 21.2. The summed E-state index contributed by atoms with van der Waals surface area (Å²) in [5.41, 5.74) is 10.5. The number of aliphatic carboxylic acids is 1. The molecule has 0 aromatic rings. The van der Waals surface area contributed by atoms with E-state index in [1.165, 1.54) is 11.8 Å². The first-order chi connectivity index (χ1) is 16.3. The van der Waals surface area contributed by atoms with Gasteiger partial charge in [0.15, 0.2) is 0 Å². The van der Waals surface area contributed by atoms with Gasteiger partial charge in [-0.25, -0.2) is 0 Å². The average molecular weight is 500 g/mol. The van der Waals surface area contributed by atoms with Gasteiger partial charge in [0.2, 0.25) is 17.7 Å². The van der Waals surface area contributed by atoms with Crippen LogP contribution < -0.4 is 16.8 Å². The van der Waals surface area contributed by atoms with Gasteiger partial charge in [-0.1, -0.05) is 6.42 Å². The quantitative estimate of drug-likeness (QED) is 0.244. The van der Waals surface area contributed by atoms with Crippen LogP contribution in [0.1, 0.15) is 66.2 Å². The van der Waals surface area contributed by atoms with Crippen LogP contribution >= 0.6 is 0 Å². The molecule has 6 N–H and O–H groups in total. The summed E-state index contributed by atoms with van der Waals surface area (Å²) in [4.78, 5) is 65.0. The molecule has 35 heavy (non-hydrogen) atoms. The lowest BCUT2D eigenvalue weighted by atomic mass is 10.1. The summed E-state index contributed by atoms with van der Waals surface area (Å²) in [6.45, 7) is 6.52. The fourth-order valence-electron chi connectivity index (χ4n) is 3.69. The third-order valence-electron chi connectivity index (χ3n) is 5.48. The van der Waals surface area contributed by atoms with Crippen molar-refractivity contribution in [3.63, 3.8) is 0 Å². The van der Waals surface area contributed by atoms with Gasteiger partial charge in [-0.05, 0) is 59.9 Å². The van der Waals surface area contributed by atoms with Gasteiger partial charge in [0, 0.05) is 13.0 Å². The summed E-state index contributed by atoms with van der Waals surface area (Å²) in [6.07, 6.45) is 2.78. The highest BCUT2D eigenvalue weighted by Gasteiger charge is 2.38. The van der Waals surface area contributed by atoms with Crippen LogP contribution in [0.4, 0.5) is 0 Å². The van der Waals surface area contributed by atoms with Crippen molar-refractivity contribution in [3.05, 3.63) is 0 Å². The number of nitrogens with zero attached hydrogens (tertiary/aromatic N) is 2. The third kappa shape index (κ3) is 10.3. The Hall–Kier alpha value is -2.57. The topological polar surface area (TPSA) is 185 Å². The second kappa shape index (κ2) is 14.1. The lowest BCUT2D eigenvalue weighted by molar-refractivity contribution is -0.155. The number of rotatable bonds is 13. The molecule has 4 amide bonds. The standard InChI is InChI=1S/C23H41N5O7/c1-15(25)21(33)27-12-8-9-17(27)20(32)26-16(14-35-23(2,3)4)22(34)28(13-19(30)31)18(29)10-6-5-7-11-24/h15-17H,5-14,24-25H2,1-4H3,(H,26,32)(H,30,31)/t15-,16-,17-/m0/s1. The Morgan fingerprint density at radius 1 is 1.17 bits per heavy atom. The second-order valence-corrected chi connectivity index (χ2v) is 9.77. The van der Waals surface area contributed by atoms with E-state index < -0.39 is 54.0 Å². The van der Waals surface area contributed by atoms with E-state index in [1.807, 2.05) is 0 Å². The predicted octanol–water partition coefficient (Wildman–Crippen LogP) is -0.417. The number of hydrogen-bond donors (Lipinski definition) is 4. The smallest absolute Gasteiger partial charge is 0.323 e. The minimum absolute atomic E-state index is 0.0287. The van der Waals surface area contributed by atoms with Crippen molar-refractivity contribution >= 4 is 29.6 Å².